The van der Waals surface area contributed by atoms with Gasteiger partial charge in [0.05, 0.1) is 6.61 Å². The second kappa shape index (κ2) is 4.52. The molecule has 76 valence electrons. The first kappa shape index (κ1) is 9.61. The van der Waals surface area contributed by atoms with Gasteiger partial charge in [-0.15, -0.1) is 0 Å². The molecule has 0 spiro atoms. The van der Waals surface area contributed by atoms with Crippen LogP contribution in [0.5, 0.6) is 11.6 Å². The lowest BCUT2D eigenvalue weighted by Crippen LogP contribution is -1.92. The van der Waals surface area contributed by atoms with E-state index in [-0.39, 0.29) is 6.61 Å². The molecule has 0 amide bonds. The molecule has 0 aliphatic carbocycles. The van der Waals surface area contributed by atoms with Gasteiger partial charge >= 0.3 is 0 Å². The fourth-order valence-corrected chi connectivity index (χ4v) is 1.19. The minimum absolute atomic E-state index is 0.0543. The molecule has 0 saturated carbocycles. The lowest BCUT2D eigenvalue weighted by Gasteiger charge is -2.07. The van der Waals surface area contributed by atoms with Crippen LogP contribution < -0.4 is 4.74 Å². The molecule has 1 heterocycles. The summed E-state index contributed by atoms with van der Waals surface area (Å²) in [5, 5.41) is 9.08. The predicted molar refractivity (Wildman–Crippen MR) is 54.5 cm³/mol. The highest BCUT2D eigenvalue weighted by Crippen LogP contribution is 2.22. The molecule has 0 aliphatic rings. The molecule has 0 unspecified atom stereocenters. The maximum Gasteiger partial charge on any atom is 0.222 e. The van der Waals surface area contributed by atoms with Crippen molar-refractivity contribution in [2.24, 2.45) is 0 Å². The van der Waals surface area contributed by atoms with Crippen LogP contribution in [0.1, 0.15) is 5.56 Å². The summed E-state index contributed by atoms with van der Waals surface area (Å²) >= 11 is 0. The Labute approximate surface area is 87.2 Å². The molecule has 0 atom stereocenters. The van der Waals surface area contributed by atoms with Gasteiger partial charge in [0.2, 0.25) is 5.88 Å². The van der Waals surface area contributed by atoms with E-state index in [4.69, 9.17) is 9.84 Å². The molecule has 15 heavy (non-hydrogen) atoms. The third kappa shape index (κ3) is 2.30. The highest BCUT2D eigenvalue weighted by atomic mass is 16.5. The summed E-state index contributed by atoms with van der Waals surface area (Å²) in [6.07, 6.45) is 3.01. The van der Waals surface area contributed by atoms with E-state index in [0.29, 0.717) is 11.6 Å². The smallest absolute Gasteiger partial charge is 0.222 e. The van der Waals surface area contributed by atoms with Crippen LogP contribution >= 0.6 is 0 Å². The second-order valence-corrected chi connectivity index (χ2v) is 2.92. The third-order valence-corrected chi connectivity index (χ3v) is 1.91. The normalized spacial score (nSPS) is 9.93. The topological polar surface area (TPSA) is 55.2 Å². The van der Waals surface area contributed by atoms with Gasteiger partial charge in [0.25, 0.3) is 0 Å². The molecule has 1 aromatic heterocycles. The highest BCUT2D eigenvalue weighted by molar-refractivity contribution is 5.35. The zero-order chi connectivity index (χ0) is 10.5. The zero-order valence-corrected chi connectivity index (χ0v) is 8.00. The highest BCUT2D eigenvalue weighted by Gasteiger charge is 2.02. The molecule has 1 aromatic carbocycles. The second-order valence-electron chi connectivity index (χ2n) is 2.92. The fraction of sp³-hybridized carbons (Fsp3) is 0.0909. The molecule has 4 heteroatoms. The Hall–Kier alpha value is -1.94. The van der Waals surface area contributed by atoms with Crippen molar-refractivity contribution in [2.75, 3.05) is 0 Å². The number of aromatic nitrogens is 2. The summed E-state index contributed by atoms with van der Waals surface area (Å²) < 4.78 is 5.49. The van der Waals surface area contributed by atoms with Crippen LogP contribution in [-0.4, -0.2) is 15.1 Å². The summed E-state index contributed by atoms with van der Waals surface area (Å²) in [5.41, 5.74) is 0.733. The molecule has 1 N–H and O–H groups in total. The molecule has 0 bridgehead atoms. The largest absolute Gasteiger partial charge is 0.439 e. The van der Waals surface area contributed by atoms with Crippen LogP contribution in [-0.2, 0) is 6.61 Å². The summed E-state index contributed by atoms with van der Waals surface area (Å²) in [6, 6.07) is 8.94. The Morgan fingerprint density at radius 3 is 2.80 bits per heavy atom. The molecular formula is C11H10N2O2. The first-order chi connectivity index (χ1) is 7.40. The first-order valence-electron chi connectivity index (χ1n) is 4.53. The number of hydrogen-bond donors (Lipinski definition) is 1. The summed E-state index contributed by atoms with van der Waals surface area (Å²) in [5.74, 6) is 1.07. The number of nitrogens with zero attached hydrogens (tertiary/aromatic N) is 2. The van der Waals surface area contributed by atoms with E-state index in [1.807, 2.05) is 12.1 Å². The minimum Gasteiger partial charge on any atom is -0.439 e. The van der Waals surface area contributed by atoms with Crippen LogP contribution in [0, 0.1) is 0 Å². The van der Waals surface area contributed by atoms with Gasteiger partial charge in [-0.1, -0.05) is 18.2 Å². The number of rotatable bonds is 3. The number of ether oxygens (including phenoxy) is 1. The van der Waals surface area contributed by atoms with Crippen molar-refractivity contribution in [3.8, 4) is 11.6 Å². The zero-order valence-electron chi connectivity index (χ0n) is 8.00. The fourth-order valence-electron chi connectivity index (χ4n) is 1.19. The van der Waals surface area contributed by atoms with Crippen LogP contribution in [0.4, 0.5) is 0 Å². The van der Waals surface area contributed by atoms with Crippen LogP contribution in [0.2, 0.25) is 0 Å². The van der Waals surface area contributed by atoms with Gasteiger partial charge in [-0.05, 0) is 6.07 Å². The van der Waals surface area contributed by atoms with Gasteiger partial charge in [-0.3, -0.25) is 0 Å². The lowest BCUT2D eigenvalue weighted by atomic mass is 10.2. The molecule has 4 nitrogen and oxygen atoms in total. The SMILES string of the molecule is OCc1ccccc1Oc1ccncn1. The molecule has 2 aromatic rings. The number of aliphatic hydroxyl groups excluding tert-OH is 1. The van der Waals surface area contributed by atoms with E-state index >= 15 is 0 Å². The van der Waals surface area contributed by atoms with Crippen molar-refractivity contribution >= 4 is 0 Å². The molecule has 0 fully saturated rings. The van der Waals surface area contributed by atoms with E-state index in [0.717, 1.165) is 5.56 Å². The summed E-state index contributed by atoms with van der Waals surface area (Å²) in [7, 11) is 0. The average molecular weight is 202 g/mol. The van der Waals surface area contributed by atoms with Gasteiger partial charge in [0, 0.05) is 17.8 Å². The number of para-hydroxylation sites is 1. The quantitative estimate of drug-likeness (QED) is 0.823. The Morgan fingerprint density at radius 2 is 2.07 bits per heavy atom. The van der Waals surface area contributed by atoms with Crippen molar-refractivity contribution in [1.29, 1.82) is 0 Å². The predicted octanol–water partition coefficient (Wildman–Crippen LogP) is 1.76. The maximum absolute atomic E-state index is 9.08. The van der Waals surface area contributed by atoms with Gasteiger partial charge in [0.1, 0.15) is 12.1 Å². The molecule has 0 radical (unpaired) electrons. The molecule has 2 rings (SSSR count). The minimum atomic E-state index is -0.0543. The number of hydrogen-bond acceptors (Lipinski definition) is 4. The Balaban J connectivity index is 2.24. The van der Waals surface area contributed by atoms with Crippen LogP contribution in [0.25, 0.3) is 0 Å². The van der Waals surface area contributed by atoms with Crippen LogP contribution in [0.15, 0.2) is 42.9 Å². The van der Waals surface area contributed by atoms with E-state index in [1.54, 1.807) is 24.4 Å². The third-order valence-electron chi connectivity index (χ3n) is 1.91. The number of benzene rings is 1. The van der Waals surface area contributed by atoms with Crippen molar-refractivity contribution < 1.29 is 9.84 Å². The van der Waals surface area contributed by atoms with Gasteiger partial charge in [-0.2, -0.15) is 0 Å². The Morgan fingerprint density at radius 1 is 1.20 bits per heavy atom. The molecular weight excluding hydrogens is 192 g/mol. The van der Waals surface area contributed by atoms with Crippen molar-refractivity contribution in [2.45, 2.75) is 6.61 Å². The summed E-state index contributed by atoms with van der Waals surface area (Å²) in [4.78, 5) is 7.72. The van der Waals surface area contributed by atoms with Crippen molar-refractivity contribution in [3.63, 3.8) is 0 Å². The van der Waals surface area contributed by atoms with Gasteiger partial charge < -0.3 is 9.84 Å². The van der Waals surface area contributed by atoms with Gasteiger partial charge in [-0.25, -0.2) is 9.97 Å². The van der Waals surface area contributed by atoms with E-state index in [1.165, 1.54) is 6.33 Å². The Kier molecular flexibility index (Phi) is 2.90. The monoisotopic (exact) mass is 202 g/mol. The van der Waals surface area contributed by atoms with Gasteiger partial charge in [0.15, 0.2) is 0 Å². The average Bonchev–Trinajstić information content (AvgIpc) is 2.31. The first-order valence-corrected chi connectivity index (χ1v) is 4.53. The standard InChI is InChI=1S/C11H10N2O2/c14-7-9-3-1-2-4-10(9)15-11-5-6-12-8-13-11/h1-6,8,14H,7H2. The molecule has 0 aliphatic heterocycles. The maximum atomic E-state index is 9.08. The van der Waals surface area contributed by atoms with E-state index in [9.17, 15) is 0 Å². The summed E-state index contributed by atoms with van der Waals surface area (Å²) in [6.45, 7) is -0.0543. The van der Waals surface area contributed by atoms with Crippen molar-refractivity contribution in [3.05, 3.63) is 48.4 Å². The van der Waals surface area contributed by atoms with E-state index in [2.05, 4.69) is 9.97 Å². The Bertz CT molecular complexity index is 432. The van der Waals surface area contributed by atoms with Crippen molar-refractivity contribution in [1.82, 2.24) is 9.97 Å². The van der Waals surface area contributed by atoms with E-state index < -0.39 is 0 Å². The molecule has 0 saturated heterocycles. The van der Waals surface area contributed by atoms with Crippen LogP contribution in [0.3, 0.4) is 0 Å². The lowest BCUT2D eigenvalue weighted by molar-refractivity contribution is 0.276. The number of aliphatic hydroxyl groups is 1.